The second-order valence-corrected chi connectivity index (χ2v) is 10.6. The number of benzene rings is 2. The van der Waals surface area contributed by atoms with Crippen molar-refractivity contribution in [1.82, 2.24) is 9.71 Å². The van der Waals surface area contributed by atoms with Crippen LogP contribution in [0.15, 0.2) is 82.8 Å². The van der Waals surface area contributed by atoms with Crippen LogP contribution < -0.4 is 4.72 Å². The summed E-state index contributed by atoms with van der Waals surface area (Å²) in [5.74, 6) is 0. The number of nitrogens with one attached hydrogen (secondary N) is 1. The zero-order valence-electron chi connectivity index (χ0n) is 16.1. The Morgan fingerprint density at radius 3 is 2.28 bits per heavy atom. The summed E-state index contributed by atoms with van der Waals surface area (Å²) in [6.45, 7) is 3.28. The molecule has 0 aliphatic heterocycles. The lowest BCUT2D eigenvalue weighted by molar-refractivity contribution is 0.568. The van der Waals surface area contributed by atoms with E-state index >= 15 is 0 Å². The minimum atomic E-state index is -3.89. The topological polar surface area (TPSA) is 93.2 Å². The highest BCUT2D eigenvalue weighted by Gasteiger charge is 2.31. The number of rotatable bonds is 7. The molecule has 0 radical (unpaired) electrons. The molecule has 1 atom stereocenters. The first-order chi connectivity index (χ1) is 13.7. The fourth-order valence-corrected chi connectivity index (χ4v) is 6.15. The molecule has 3 rings (SSSR count). The highest BCUT2D eigenvalue weighted by Crippen LogP contribution is 2.28. The molecule has 6 nitrogen and oxygen atoms in total. The summed E-state index contributed by atoms with van der Waals surface area (Å²) < 4.78 is 54.6. The lowest BCUT2D eigenvalue weighted by atomic mass is 10.2. The minimum absolute atomic E-state index is 0.125. The van der Waals surface area contributed by atoms with Gasteiger partial charge in [0.1, 0.15) is 5.25 Å². The van der Waals surface area contributed by atoms with Gasteiger partial charge in [-0.05, 0) is 49.2 Å². The fourth-order valence-electron chi connectivity index (χ4n) is 3.11. The third-order valence-corrected chi connectivity index (χ3v) is 8.28. The molecule has 0 bridgehead atoms. The quantitative estimate of drug-likeness (QED) is 0.621. The third kappa shape index (κ3) is 4.72. The van der Waals surface area contributed by atoms with Gasteiger partial charge in [-0.15, -0.1) is 0 Å². The zero-order chi connectivity index (χ0) is 21.1. The molecule has 8 heteroatoms. The average Bonchev–Trinajstić information content (AvgIpc) is 2.69. The van der Waals surface area contributed by atoms with Crippen LogP contribution in [0.1, 0.15) is 21.9 Å². The van der Waals surface area contributed by atoms with Gasteiger partial charge in [-0.1, -0.05) is 42.0 Å². The van der Waals surface area contributed by atoms with Gasteiger partial charge in [0.2, 0.25) is 10.0 Å². The molecule has 1 aromatic heterocycles. The van der Waals surface area contributed by atoms with E-state index in [0.29, 0.717) is 11.1 Å². The van der Waals surface area contributed by atoms with Gasteiger partial charge in [-0.3, -0.25) is 4.98 Å². The van der Waals surface area contributed by atoms with E-state index < -0.39 is 25.1 Å². The van der Waals surface area contributed by atoms with E-state index in [1.54, 1.807) is 49.4 Å². The second kappa shape index (κ2) is 8.44. The summed E-state index contributed by atoms with van der Waals surface area (Å²) in [7, 11) is -7.73. The number of hydrogen-bond donors (Lipinski definition) is 1. The van der Waals surface area contributed by atoms with Gasteiger partial charge < -0.3 is 0 Å². The van der Waals surface area contributed by atoms with Crippen molar-refractivity contribution >= 4 is 19.9 Å². The summed E-state index contributed by atoms with van der Waals surface area (Å²) in [5, 5.41) is -1.11. The Morgan fingerprint density at radius 1 is 0.931 bits per heavy atom. The Bertz CT molecular complexity index is 1190. The number of nitrogens with zero attached hydrogens (tertiary/aromatic N) is 1. The first-order valence-electron chi connectivity index (χ1n) is 8.97. The van der Waals surface area contributed by atoms with Crippen molar-refractivity contribution < 1.29 is 16.8 Å². The molecule has 0 aliphatic rings. The van der Waals surface area contributed by atoms with E-state index in [4.69, 9.17) is 0 Å². The van der Waals surface area contributed by atoms with Crippen molar-refractivity contribution in [2.24, 2.45) is 0 Å². The summed E-state index contributed by atoms with van der Waals surface area (Å²) in [6.07, 6.45) is 2.98. The van der Waals surface area contributed by atoms with Crippen LogP contribution in [0, 0.1) is 13.8 Å². The van der Waals surface area contributed by atoms with Gasteiger partial charge in [0, 0.05) is 18.9 Å². The summed E-state index contributed by atoms with van der Waals surface area (Å²) in [4.78, 5) is 4.25. The standard InChI is InChI=1S/C21H22N2O4S2/c1-16-10-11-20(17(2)13-16)29(26,27)23-15-21(18-7-6-12-22-14-18)28(24,25)19-8-4-3-5-9-19/h3-14,21,23H,15H2,1-2H3. The number of aryl methyl sites for hydroxylation is 2. The molecule has 0 amide bonds. The normalized spacial score (nSPS) is 13.2. The fraction of sp³-hybridized carbons (Fsp3) is 0.190. The third-order valence-electron chi connectivity index (χ3n) is 4.58. The molecule has 0 saturated heterocycles. The van der Waals surface area contributed by atoms with Crippen molar-refractivity contribution in [2.75, 3.05) is 6.54 Å². The first-order valence-corrected chi connectivity index (χ1v) is 12.0. The Morgan fingerprint density at radius 2 is 1.66 bits per heavy atom. The zero-order valence-corrected chi connectivity index (χ0v) is 17.7. The van der Waals surface area contributed by atoms with Crippen LogP contribution in [0.4, 0.5) is 0 Å². The van der Waals surface area contributed by atoms with Crippen LogP contribution in [0.2, 0.25) is 0 Å². The van der Waals surface area contributed by atoms with Crippen molar-refractivity contribution in [3.05, 3.63) is 89.7 Å². The van der Waals surface area contributed by atoms with Gasteiger partial charge in [0.05, 0.1) is 9.79 Å². The van der Waals surface area contributed by atoms with Crippen LogP contribution in [0.25, 0.3) is 0 Å². The second-order valence-electron chi connectivity index (χ2n) is 6.75. The molecule has 1 unspecified atom stereocenters. The molecular weight excluding hydrogens is 408 g/mol. The summed E-state index contributed by atoms with van der Waals surface area (Å²) in [5.41, 5.74) is 1.96. The number of pyridine rings is 1. The van der Waals surface area contributed by atoms with Crippen molar-refractivity contribution in [3.63, 3.8) is 0 Å². The lowest BCUT2D eigenvalue weighted by Gasteiger charge is -2.19. The van der Waals surface area contributed by atoms with Crippen LogP contribution in [-0.2, 0) is 19.9 Å². The van der Waals surface area contributed by atoms with Crippen molar-refractivity contribution in [1.29, 1.82) is 0 Å². The van der Waals surface area contributed by atoms with E-state index in [0.717, 1.165) is 5.56 Å². The van der Waals surface area contributed by atoms with E-state index in [1.165, 1.54) is 30.6 Å². The number of hydrogen-bond acceptors (Lipinski definition) is 5. The van der Waals surface area contributed by atoms with Gasteiger partial charge in [-0.2, -0.15) is 0 Å². The predicted molar refractivity (Wildman–Crippen MR) is 112 cm³/mol. The highest BCUT2D eigenvalue weighted by atomic mass is 32.2. The molecule has 0 aliphatic carbocycles. The molecule has 0 spiro atoms. The van der Waals surface area contributed by atoms with Gasteiger partial charge in [0.25, 0.3) is 0 Å². The molecule has 152 valence electrons. The van der Waals surface area contributed by atoms with Crippen LogP contribution in [0.3, 0.4) is 0 Å². The molecule has 3 aromatic rings. The lowest BCUT2D eigenvalue weighted by Crippen LogP contribution is -2.32. The molecule has 0 saturated carbocycles. The van der Waals surface area contributed by atoms with E-state index in [9.17, 15) is 16.8 Å². The smallest absolute Gasteiger partial charge is 0.240 e. The number of aromatic nitrogens is 1. The van der Waals surface area contributed by atoms with Crippen molar-refractivity contribution in [3.8, 4) is 0 Å². The number of sulfonamides is 1. The predicted octanol–water partition coefficient (Wildman–Crippen LogP) is 3.19. The molecule has 1 heterocycles. The molecular formula is C21H22N2O4S2. The SMILES string of the molecule is Cc1ccc(S(=O)(=O)NCC(c2cccnc2)S(=O)(=O)c2ccccc2)c(C)c1. The van der Waals surface area contributed by atoms with Gasteiger partial charge in [-0.25, -0.2) is 21.6 Å². The molecule has 29 heavy (non-hydrogen) atoms. The maximum Gasteiger partial charge on any atom is 0.240 e. The Balaban J connectivity index is 1.96. The average molecular weight is 431 g/mol. The Labute approximate surface area is 171 Å². The Kier molecular flexibility index (Phi) is 6.16. The van der Waals surface area contributed by atoms with Crippen LogP contribution in [0.5, 0.6) is 0 Å². The molecule has 1 N–H and O–H groups in total. The van der Waals surface area contributed by atoms with Crippen LogP contribution >= 0.6 is 0 Å². The maximum atomic E-state index is 13.2. The number of sulfone groups is 1. The molecule has 2 aromatic carbocycles. The van der Waals surface area contributed by atoms with Crippen molar-refractivity contribution in [2.45, 2.75) is 28.9 Å². The van der Waals surface area contributed by atoms with Gasteiger partial charge >= 0.3 is 0 Å². The Hall–Kier alpha value is -2.55. The van der Waals surface area contributed by atoms with E-state index in [2.05, 4.69) is 9.71 Å². The monoisotopic (exact) mass is 430 g/mol. The van der Waals surface area contributed by atoms with Crippen LogP contribution in [-0.4, -0.2) is 28.4 Å². The molecule has 0 fully saturated rings. The summed E-state index contributed by atoms with van der Waals surface area (Å²) >= 11 is 0. The van der Waals surface area contributed by atoms with Gasteiger partial charge in [0.15, 0.2) is 9.84 Å². The minimum Gasteiger partial charge on any atom is -0.264 e. The highest BCUT2D eigenvalue weighted by molar-refractivity contribution is 7.92. The summed E-state index contributed by atoms with van der Waals surface area (Å²) in [6, 6.07) is 16.2. The van der Waals surface area contributed by atoms with E-state index in [-0.39, 0.29) is 16.3 Å². The maximum absolute atomic E-state index is 13.2. The van der Waals surface area contributed by atoms with E-state index in [1.807, 2.05) is 6.92 Å². The first kappa shape index (κ1) is 21.2. The largest absolute Gasteiger partial charge is 0.264 e.